The third-order valence-electron chi connectivity index (χ3n) is 3.13. The highest BCUT2D eigenvalue weighted by atomic mass is 35.5. The first-order valence-corrected chi connectivity index (χ1v) is 7.69. The Morgan fingerprint density at radius 1 is 1.32 bits per heavy atom. The Hall–Kier alpha value is -1.32. The number of thiazole rings is 1. The second-order valence-corrected chi connectivity index (χ2v) is 6.01. The van der Waals surface area contributed by atoms with Crippen molar-refractivity contribution in [3.63, 3.8) is 0 Å². The molecule has 98 valence electrons. The largest absolute Gasteiger partial charge is 0.341 e. The summed E-state index contributed by atoms with van der Waals surface area (Å²) in [4.78, 5) is 4.67. The summed E-state index contributed by atoms with van der Waals surface area (Å²) in [7, 11) is 0. The summed E-state index contributed by atoms with van der Waals surface area (Å²) in [6, 6.07) is 8.10. The molecular formula is C15H15ClN2S. The normalized spacial score (nSPS) is 11.3. The monoisotopic (exact) mass is 290 g/mol. The lowest BCUT2D eigenvalue weighted by Gasteiger charge is -2.03. The molecule has 0 unspecified atom stereocenters. The fourth-order valence-electron chi connectivity index (χ4n) is 2.23. The Labute approximate surface area is 121 Å². The van der Waals surface area contributed by atoms with Crippen molar-refractivity contribution < 1.29 is 0 Å². The van der Waals surface area contributed by atoms with Crippen LogP contribution in [0.2, 0.25) is 5.02 Å². The van der Waals surface area contributed by atoms with Crippen LogP contribution in [0.3, 0.4) is 0 Å². The molecule has 0 saturated carbocycles. The van der Waals surface area contributed by atoms with Crippen molar-refractivity contribution >= 4 is 33.8 Å². The summed E-state index contributed by atoms with van der Waals surface area (Å²) >= 11 is 7.76. The molecule has 2 nitrogen and oxygen atoms in total. The molecule has 0 atom stereocenters. The van der Waals surface area contributed by atoms with Crippen LogP contribution in [0.15, 0.2) is 35.8 Å². The first-order chi connectivity index (χ1) is 9.26. The summed E-state index contributed by atoms with van der Waals surface area (Å²) in [5.41, 5.74) is 2.34. The first-order valence-electron chi connectivity index (χ1n) is 6.44. The first kappa shape index (κ1) is 12.7. The van der Waals surface area contributed by atoms with Gasteiger partial charge in [-0.25, -0.2) is 4.98 Å². The molecule has 0 aliphatic carbocycles. The van der Waals surface area contributed by atoms with Gasteiger partial charge in [-0.3, -0.25) is 0 Å². The van der Waals surface area contributed by atoms with Gasteiger partial charge in [0.1, 0.15) is 0 Å². The molecule has 0 aliphatic heterocycles. The van der Waals surface area contributed by atoms with Crippen LogP contribution in [0.25, 0.3) is 10.9 Å². The second kappa shape index (κ2) is 5.35. The number of hydrogen-bond donors (Lipinski definition) is 0. The molecule has 0 spiro atoms. The summed E-state index contributed by atoms with van der Waals surface area (Å²) in [5, 5.41) is 5.35. The predicted molar refractivity (Wildman–Crippen MR) is 82.2 cm³/mol. The van der Waals surface area contributed by atoms with E-state index in [1.807, 2.05) is 12.1 Å². The van der Waals surface area contributed by atoms with Gasteiger partial charge in [-0.05, 0) is 37.1 Å². The van der Waals surface area contributed by atoms with Crippen molar-refractivity contribution in [3.8, 4) is 0 Å². The number of halogens is 1. The van der Waals surface area contributed by atoms with E-state index in [9.17, 15) is 0 Å². The lowest BCUT2D eigenvalue weighted by atomic mass is 10.2. The fraction of sp³-hybridized carbons (Fsp3) is 0.267. The van der Waals surface area contributed by atoms with Gasteiger partial charge in [-0.1, -0.05) is 18.5 Å². The molecule has 0 saturated heterocycles. The summed E-state index contributed by atoms with van der Waals surface area (Å²) < 4.78 is 2.22. The standard InChI is InChI=1S/C15H15ClN2S/c1-2-3-15-17-13(10-19-15)9-18-7-6-11-8-12(16)4-5-14(11)18/h4-8,10H,2-3,9H2,1H3. The van der Waals surface area contributed by atoms with E-state index in [4.69, 9.17) is 11.6 Å². The quantitative estimate of drug-likeness (QED) is 0.678. The van der Waals surface area contributed by atoms with Crippen molar-refractivity contribution in [1.82, 2.24) is 9.55 Å². The SMILES string of the molecule is CCCc1nc(Cn2ccc3cc(Cl)ccc32)cs1. The van der Waals surface area contributed by atoms with Crippen molar-refractivity contribution in [1.29, 1.82) is 0 Å². The van der Waals surface area contributed by atoms with Gasteiger partial charge in [0.05, 0.1) is 17.2 Å². The van der Waals surface area contributed by atoms with E-state index < -0.39 is 0 Å². The predicted octanol–water partition coefficient (Wildman–Crippen LogP) is 4.75. The average Bonchev–Trinajstić information content (AvgIpc) is 2.98. The van der Waals surface area contributed by atoms with E-state index in [1.54, 1.807) is 11.3 Å². The zero-order valence-corrected chi connectivity index (χ0v) is 12.3. The molecule has 2 aromatic heterocycles. The molecule has 0 radical (unpaired) electrons. The maximum atomic E-state index is 6.01. The highest BCUT2D eigenvalue weighted by Crippen LogP contribution is 2.22. The molecular weight excluding hydrogens is 276 g/mol. The Bertz CT molecular complexity index is 699. The van der Waals surface area contributed by atoms with E-state index in [1.165, 1.54) is 15.9 Å². The number of rotatable bonds is 4. The number of aryl methyl sites for hydroxylation is 1. The Morgan fingerprint density at radius 2 is 2.21 bits per heavy atom. The van der Waals surface area contributed by atoms with Gasteiger partial charge in [-0.15, -0.1) is 11.3 Å². The molecule has 3 aromatic rings. The Morgan fingerprint density at radius 3 is 3.05 bits per heavy atom. The van der Waals surface area contributed by atoms with Crippen LogP contribution in [0, 0.1) is 0 Å². The van der Waals surface area contributed by atoms with Crippen molar-refractivity contribution in [2.45, 2.75) is 26.3 Å². The number of aromatic nitrogens is 2. The molecule has 3 rings (SSSR count). The van der Waals surface area contributed by atoms with Crippen molar-refractivity contribution in [3.05, 3.63) is 51.6 Å². The number of benzene rings is 1. The Kier molecular flexibility index (Phi) is 3.58. The maximum Gasteiger partial charge on any atom is 0.0928 e. The highest BCUT2D eigenvalue weighted by molar-refractivity contribution is 7.09. The van der Waals surface area contributed by atoms with Gasteiger partial charge >= 0.3 is 0 Å². The molecule has 0 bridgehead atoms. The zero-order valence-electron chi connectivity index (χ0n) is 10.8. The van der Waals surface area contributed by atoms with Gasteiger partial charge in [0.2, 0.25) is 0 Å². The van der Waals surface area contributed by atoms with Crippen molar-refractivity contribution in [2.24, 2.45) is 0 Å². The topological polar surface area (TPSA) is 17.8 Å². The zero-order chi connectivity index (χ0) is 13.2. The summed E-state index contributed by atoms with van der Waals surface area (Å²) in [6.07, 6.45) is 4.32. The summed E-state index contributed by atoms with van der Waals surface area (Å²) in [6.45, 7) is 3.01. The van der Waals surface area contributed by atoms with Crippen molar-refractivity contribution in [2.75, 3.05) is 0 Å². The highest BCUT2D eigenvalue weighted by Gasteiger charge is 2.05. The molecule has 0 aliphatic rings. The third kappa shape index (κ3) is 2.67. The van der Waals surface area contributed by atoms with E-state index in [0.717, 1.165) is 30.1 Å². The van der Waals surface area contributed by atoms with Crippen LogP contribution in [-0.4, -0.2) is 9.55 Å². The van der Waals surface area contributed by atoms with E-state index in [-0.39, 0.29) is 0 Å². The average molecular weight is 291 g/mol. The van der Waals surface area contributed by atoms with E-state index in [0.29, 0.717) is 0 Å². The van der Waals surface area contributed by atoms with Gasteiger partial charge in [0.25, 0.3) is 0 Å². The number of fused-ring (bicyclic) bond motifs is 1. The third-order valence-corrected chi connectivity index (χ3v) is 4.32. The number of hydrogen-bond acceptors (Lipinski definition) is 2. The van der Waals surface area contributed by atoms with Crippen LogP contribution in [-0.2, 0) is 13.0 Å². The Balaban J connectivity index is 1.88. The second-order valence-electron chi connectivity index (χ2n) is 4.63. The molecule has 0 N–H and O–H groups in total. The van der Waals surface area contributed by atoms with Gasteiger partial charge in [-0.2, -0.15) is 0 Å². The molecule has 2 heterocycles. The van der Waals surface area contributed by atoms with Gasteiger partial charge in [0, 0.05) is 27.5 Å². The molecule has 4 heteroatoms. The van der Waals surface area contributed by atoms with Crippen LogP contribution in [0.4, 0.5) is 0 Å². The fourth-order valence-corrected chi connectivity index (χ4v) is 3.31. The lowest BCUT2D eigenvalue weighted by molar-refractivity contribution is 0.801. The minimum atomic E-state index is 0.782. The molecule has 0 amide bonds. The number of nitrogens with zero attached hydrogens (tertiary/aromatic N) is 2. The van der Waals surface area contributed by atoms with Crippen LogP contribution in [0.5, 0.6) is 0 Å². The molecule has 19 heavy (non-hydrogen) atoms. The molecule has 0 fully saturated rings. The van der Waals surface area contributed by atoms with Crippen LogP contribution in [0.1, 0.15) is 24.0 Å². The lowest BCUT2D eigenvalue weighted by Crippen LogP contribution is -1.98. The van der Waals surface area contributed by atoms with E-state index in [2.05, 4.69) is 40.2 Å². The minimum Gasteiger partial charge on any atom is -0.341 e. The maximum absolute atomic E-state index is 6.01. The summed E-state index contributed by atoms with van der Waals surface area (Å²) in [5.74, 6) is 0. The van der Waals surface area contributed by atoms with Gasteiger partial charge < -0.3 is 4.57 Å². The van der Waals surface area contributed by atoms with Gasteiger partial charge in [0.15, 0.2) is 0 Å². The van der Waals surface area contributed by atoms with Crippen LogP contribution < -0.4 is 0 Å². The van der Waals surface area contributed by atoms with Crippen LogP contribution >= 0.6 is 22.9 Å². The van der Waals surface area contributed by atoms with E-state index >= 15 is 0 Å². The molecule has 1 aromatic carbocycles. The minimum absolute atomic E-state index is 0.782. The smallest absolute Gasteiger partial charge is 0.0928 e.